The van der Waals surface area contributed by atoms with Gasteiger partial charge in [0.1, 0.15) is 0 Å². The Labute approximate surface area is 118 Å². The largest absolute Gasteiger partial charge is 0.475 e. The van der Waals surface area contributed by atoms with Gasteiger partial charge in [-0.15, -0.1) is 0 Å². The van der Waals surface area contributed by atoms with Crippen molar-refractivity contribution >= 4 is 16.0 Å². The molecule has 0 saturated heterocycles. The molecule has 1 aromatic heterocycles. The monoisotopic (exact) mass is 305 g/mol. The minimum atomic E-state index is -3.85. The third-order valence-corrected chi connectivity index (χ3v) is 4.05. The van der Waals surface area contributed by atoms with Crippen molar-refractivity contribution in [3.05, 3.63) is 17.9 Å². The molecule has 0 fully saturated rings. The molecule has 0 saturated carbocycles. The van der Waals surface area contributed by atoms with Crippen LogP contribution in [0, 0.1) is 5.41 Å². The Kier molecular flexibility index (Phi) is 5.32. The van der Waals surface area contributed by atoms with Gasteiger partial charge in [-0.3, -0.25) is 0 Å². The van der Waals surface area contributed by atoms with Gasteiger partial charge in [-0.05, 0) is 24.0 Å². The summed E-state index contributed by atoms with van der Waals surface area (Å²) in [5.74, 6) is -1.73. The molecule has 0 atom stereocenters. The summed E-state index contributed by atoms with van der Waals surface area (Å²) in [6, 6.07) is 2.22. The number of carboxylic acids is 1. The van der Waals surface area contributed by atoms with E-state index in [1.165, 1.54) is 0 Å². The van der Waals surface area contributed by atoms with Crippen molar-refractivity contribution in [2.24, 2.45) is 5.41 Å². The van der Waals surface area contributed by atoms with Crippen LogP contribution in [-0.2, 0) is 14.8 Å². The van der Waals surface area contributed by atoms with E-state index in [2.05, 4.69) is 4.72 Å². The predicted molar refractivity (Wildman–Crippen MR) is 71.1 cm³/mol. The highest BCUT2D eigenvalue weighted by molar-refractivity contribution is 7.89. The van der Waals surface area contributed by atoms with E-state index in [4.69, 9.17) is 14.3 Å². The normalized spacial score (nSPS) is 12.6. The summed E-state index contributed by atoms with van der Waals surface area (Å²) in [6.45, 7) is 4.53. The van der Waals surface area contributed by atoms with Crippen LogP contribution >= 0.6 is 0 Å². The fourth-order valence-electron chi connectivity index (χ4n) is 1.41. The van der Waals surface area contributed by atoms with Gasteiger partial charge in [-0.2, -0.15) is 0 Å². The number of methoxy groups -OCH3 is 1. The molecule has 0 aliphatic rings. The summed E-state index contributed by atoms with van der Waals surface area (Å²) < 4.78 is 36.1. The summed E-state index contributed by atoms with van der Waals surface area (Å²) in [5.41, 5.74) is -0.286. The van der Waals surface area contributed by atoms with Crippen LogP contribution in [0.2, 0.25) is 0 Å². The van der Waals surface area contributed by atoms with Gasteiger partial charge in [0.25, 0.3) is 10.0 Å². The first kappa shape index (κ1) is 16.7. The van der Waals surface area contributed by atoms with E-state index in [9.17, 15) is 13.2 Å². The van der Waals surface area contributed by atoms with Crippen molar-refractivity contribution in [3.8, 4) is 0 Å². The molecule has 1 rings (SSSR count). The molecule has 114 valence electrons. The second-order valence-corrected chi connectivity index (χ2v) is 6.85. The molecule has 0 aromatic carbocycles. The molecule has 7 nitrogen and oxygen atoms in total. The van der Waals surface area contributed by atoms with Gasteiger partial charge in [-0.25, -0.2) is 17.9 Å². The quantitative estimate of drug-likeness (QED) is 0.750. The van der Waals surface area contributed by atoms with Crippen LogP contribution in [0.3, 0.4) is 0 Å². The lowest BCUT2D eigenvalue weighted by molar-refractivity contribution is 0.0656. The Morgan fingerprint density at radius 2 is 2.10 bits per heavy atom. The number of carboxylic acid groups (broad SMARTS) is 1. The predicted octanol–water partition coefficient (Wildman–Crippen LogP) is 1.32. The van der Waals surface area contributed by atoms with Crippen LogP contribution in [0.1, 0.15) is 30.8 Å². The first-order chi connectivity index (χ1) is 9.18. The number of ether oxygens (including phenoxy) is 1. The van der Waals surface area contributed by atoms with Gasteiger partial charge in [0, 0.05) is 20.3 Å². The van der Waals surface area contributed by atoms with E-state index in [-0.39, 0.29) is 12.0 Å². The van der Waals surface area contributed by atoms with E-state index in [0.29, 0.717) is 13.0 Å². The lowest BCUT2D eigenvalue weighted by Crippen LogP contribution is -2.34. The number of carbonyl (C=O) groups is 1. The molecular weight excluding hydrogens is 286 g/mol. The van der Waals surface area contributed by atoms with Gasteiger partial charge in [0.15, 0.2) is 0 Å². The topological polar surface area (TPSA) is 106 Å². The van der Waals surface area contributed by atoms with Crippen LogP contribution in [0.5, 0.6) is 0 Å². The standard InChI is InChI=1S/C12H19NO6S/c1-12(2,6-7-18-3)8-13-20(16,17)10-5-4-9(19-10)11(14)15/h4-5,13H,6-8H2,1-3H3,(H,14,15). The summed E-state index contributed by atoms with van der Waals surface area (Å²) in [6.07, 6.45) is 0.685. The molecule has 20 heavy (non-hydrogen) atoms. The summed E-state index contributed by atoms with van der Waals surface area (Å²) in [5, 5.41) is 8.29. The Hall–Kier alpha value is -1.38. The van der Waals surface area contributed by atoms with Gasteiger partial charge < -0.3 is 14.3 Å². The van der Waals surface area contributed by atoms with E-state index in [1.54, 1.807) is 7.11 Å². The molecule has 1 aromatic rings. The van der Waals surface area contributed by atoms with Crippen molar-refractivity contribution < 1.29 is 27.5 Å². The number of aromatic carboxylic acids is 1. The maximum absolute atomic E-state index is 12.0. The number of hydrogen-bond donors (Lipinski definition) is 2. The van der Waals surface area contributed by atoms with Crippen LogP contribution in [0.15, 0.2) is 21.6 Å². The maximum Gasteiger partial charge on any atom is 0.371 e. The van der Waals surface area contributed by atoms with Crippen LogP contribution < -0.4 is 4.72 Å². The van der Waals surface area contributed by atoms with E-state index >= 15 is 0 Å². The molecule has 0 radical (unpaired) electrons. The zero-order chi connectivity index (χ0) is 15.4. The molecule has 0 aliphatic heterocycles. The smallest absolute Gasteiger partial charge is 0.371 e. The van der Waals surface area contributed by atoms with Crippen molar-refractivity contribution in [3.63, 3.8) is 0 Å². The Balaban J connectivity index is 2.72. The molecular formula is C12H19NO6S. The summed E-state index contributed by atoms with van der Waals surface area (Å²) in [4.78, 5) is 10.7. The minimum Gasteiger partial charge on any atom is -0.475 e. The number of sulfonamides is 1. The van der Waals surface area contributed by atoms with Crippen molar-refractivity contribution in [2.45, 2.75) is 25.4 Å². The number of nitrogens with one attached hydrogen (secondary N) is 1. The highest BCUT2D eigenvalue weighted by atomic mass is 32.2. The minimum absolute atomic E-state index is 0.196. The lowest BCUT2D eigenvalue weighted by Gasteiger charge is -2.24. The van der Waals surface area contributed by atoms with Crippen molar-refractivity contribution in [1.82, 2.24) is 4.72 Å². The van der Waals surface area contributed by atoms with E-state index < -0.39 is 26.8 Å². The van der Waals surface area contributed by atoms with Crippen molar-refractivity contribution in [1.29, 1.82) is 0 Å². The molecule has 0 bridgehead atoms. The molecule has 0 unspecified atom stereocenters. The van der Waals surface area contributed by atoms with Crippen LogP contribution in [0.25, 0.3) is 0 Å². The zero-order valence-electron chi connectivity index (χ0n) is 11.7. The summed E-state index contributed by atoms with van der Waals surface area (Å²) >= 11 is 0. The maximum atomic E-state index is 12.0. The van der Waals surface area contributed by atoms with E-state index in [1.807, 2.05) is 13.8 Å². The lowest BCUT2D eigenvalue weighted by atomic mass is 9.90. The highest BCUT2D eigenvalue weighted by Crippen LogP contribution is 2.21. The van der Waals surface area contributed by atoms with E-state index in [0.717, 1.165) is 12.1 Å². The van der Waals surface area contributed by atoms with Crippen LogP contribution in [-0.4, -0.2) is 39.8 Å². The van der Waals surface area contributed by atoms with Gasteiger partial charge in [0.05, 0.1) is 0 Å². The van der Waals surface area contributed by atoms with Gasteiger partial charge in [-0.1, -0.05) is 13.8 Å². The van der Waals surface area contributed by atoms with Crippen LogP contribution in [0.4, 0.5) is 0 Å². The van der Waals surface area contributed by atoms with Gasteiger partial charge >= 0.3 is 5.97 Å². The Morgan fingerprint density at radius 3 is 2.60 bits per heavy atom. The average Bonchev–Trinajstić information content (AvgIpc) is 2.85. The molecule has 0 amide bonds. The highest BCUT2D eigenvalue weighted by Gasteiger charge is 2.25. The SMILES string of the molecule is COCCC(C)(C)CNS(=O)(=O)c1ccc(C(=O)O)o1. The first-order valence-electron chi connectivity index (χ1n) is 6.00. The Bertz CT molecular complexity index is 560. The average molecular weight is 305 g/mol. The molecule has 1 heterocycles. The number of hydrogen-bond acceptors (Lipinski definition) is 5. The molecule has 2 N–H and O–H groups in total. The second kappa shape index (κ2) is 6.38. The Morgan fingerprint density at radius 1 is 1.45 bits per heavy atom. The fraction of sp³-hybridized carbons (Fsp3) is 0.583. The number of rotatable bonds is 8. The summed E-state index contributed by atoms with van der Waals surface area (Å²) in [7, 11) is -2.27. The second-order valence-electron chi connectivity index (χ2n) is 5.16. The number of furan rings is 1. The molecule has 0 aliphatic carbocycles. The molecule has 0 spiro atoms. The third-order valence-electron chi connectivity index (χ3n) is 2.78. The fourth-order valence-corrected chi connectivity index (χ4v) is 2.58. The van der Waals surface area contributed by atoms with Crippen molar-refractivity contribution in [2.75, 3.05) is 20.3 Å². The zero-order valence-corrected chi connectivity index (χ0v) is 12.5. The van der Waals surface area contributed by atoms with Gasteiger partial charge in [0.2, 0.25) is 10.9 Å². The first-order valence-corrected chi connectivity index (χ1v) is 7.48. The third kappa shape index (κ3) is 4.62. The molecule has 8 heteroatoms.